The number of carbonyl (C=O) groups is 1. The van der Waals surface area contributed by atoms with Gasteiger partial charge in [-0.05, 0) is 38.1 Å². The standard InChI is InChI=1S/C17H26N3O6P/c1-11(19(2)10-16(23)27(3,25)26)20(24)15(22)8-7-12-9-18-13-5-4-6-14(21)17(12)13/h4-6,9,11,16,18,21,23-24H,7-8,10H2,1-3H3,(H,25,26). The molecule has 2 rings (SSSR count). The zero-order valence-corrected chi connectivity index (χ0v) is 16.4. The molecule has 1 heterocycles. The lowest BCUT2D eigenvalue weighted by Crippen LogP contribution is -2.48. The summed E-state index contributed by atoms with van der Waals surface area (Å²) in [4.78, 5) is 26.1. The highest BCUT2D eigenvalue weighted by atomic mass is 31.2. The molecule has 0 bridgehead atoms. The Bertz CT molecular complexity index is 848. The molecule has 0 fully saturated rings. The van der Waals surface area contributed by atoms with E-state index in [1.807, 2.05) is 6.07 Å². The van der Waals surface area contributed by atoms with Crippen molar-refractivity contribution in [2.75, 3.05) is 20.3 Å². The quantitative estimate of drug-likeness (QED) is 0.196. The number of hydroxylamine groups is 2. The van der Waals surface area contributed by atoms with Crippen LogP contribution in [-0.4, -0.2) is 73.4 Å². The number of H-pyrrole nitrogens is 1. The highest BCUT2D eigenvalue weighted by Crippen LogP contribution is 2.40. The van der Waals surface area contributed by atoms with Gasteiger partial charge >= 0.3 is 0 Å². The van der Waals surface area contributed by atoms with Crippen LogP contribution in [0, 0.1) is 0 Å². The van der Waals surface area contributed by atoms with Gasteiger partial charge in [0.05, 0.1) is 0 Å². The Labute approximate surface area is 157 Å². The highest BCUT2D eigenvalue weighted by Gasteiger charge is 2.29. The molecule has 27 heavy (non-hydrogen) atoms. The number of benzene rings is 1. The number of hydrogen-bond donors (Lipinski definition) is 5. The lowest BCUT2D eigenvalue weighted by atomic mass is 10.1. The molecule has 150 valence electrons. The SMILES string of the molecule is CC(N(C)CC(O)P(C)(=O)O)N(O)C(=O)CCc1c[nH]c2cccc(O)c12. The third-order valence-corrected chi connectivity index (χ3v) is 5.89. The smallest absolute Gasteiger partial charge is 0.247 e. The van der Waals surface area contributed by atoms with Crippen LogP contribution in [0.1, 0.15) is 18.9 Å². The van der Waals surface area contributed by atoms with Gasteiger partial charge in [0, 0.05) is 36.7 Å². The third kappa shape index (κ3) is 5.09. The van der Waals surface area contributed by atoms with Crippen molar-refractivity contribution >= 4 is 24.2 Å². The molecule has 1 aromatic heterocycles. The molecule has 0 aliphatic heterocycles. The van der Waals surface area contributed by atoms with Gasteiger partial charge in [-0.1, -0.05) is 6.07 Å². The van der Waals surface area contributed by atoms with E-state index in [4.69, 9.17) is 0 Å². The van der Waals surface area contributed by atoms with Crippen molar-refractivity contribution in [1.82, 2.24) is 14.9 Å². The van der Waals surface area contributed by atoms with Crippen LogP contribution in [-0.2, 0) is 15.8 Å². The molecule has 0 saturated carbocycles. The summed E-state index contributed by atoms with van der Waals surface area (Å²) in [5.41, 5.74) is 1.52. The van der Waals surface area contributed by atoms with Crippen LogP contribution in [0.15, 0.2) is 24.4 Å². The van der Waals surface area contributed by atoms with Crippen LogP contribution in [0.5, 0.6) is 5.75 Å². The number of aliphatic hydroxyl groups is 1. The lowest BCUT2D eigenvalue weighted by molar-refractivity contribution is -0.189. The van der Waals surface area contributed by atoms with Gasteiger partial charge in [-0.3, -0.25) is 19.5 Å². The van der Waals surface area contributed by atoms with E-state index in [1.54, 1.807) is 25.3 Å². The second-order valence-corrected chi connectivity index (χ2v) is 9.23. The van der Waals surface area contributed by atoms with Crippen LogP contribution >= 0.6 is 7.37 Å². The summed E-state index contributed by atoms with van der Waals surface area (Å²) in [7, 11) is -2.15. The van der Waals surface area contributed by atoms with E-state index in [-0.39, 0.29) is 18.7 Å². The largest absolute Gasteiger partial charge is 0.507 e. The fourth-order valence-corrected chi connectivity index (χ4v) is 3.31. The molecule has 0 saturated heterocycles. The maximum Gasteiger partial charge on any atom is 0.247 e. The summed E-state index contributed by atoms with van der Waals surface area (Å²) in [6.07, 6.45) is 1.23. The van der Waals surface area contributed by atoms with Crippen molar-refractivity contribution in [2.45, 2.75) is 31.8 Å². The Hall–Kier alpha value is -1.90. The minimum atomic E-state index is -3.68. The van der Waals surface area contributed by atoms with Crippen LogP contribution in [0.4, 0.5) is 0 Å². The van der Waals surface area contributed by atoms with E-state index in [9.17, 15) is 29.7 Å². The lowest BCUT2D eigenvalue weighted by Gasteiger charge is -2.32. The zero-order chi connectivity index (χ0) is 20.4. The van der Waals surface area contributed by atoms with Crippen LogP contribution in [0.3, 0.4) is 0 Å². The highest BCUT2D eigenvalue weighted by molar-refractivity contribution is 7.57. The van der Waals surface area contributed by atoms with Crippen LogP contribution in [0.25, 0.3) is 10.9 Å². The van der Waals surface area contributed by atoms with E-state index < -0.39 is 25.3 Å². The average Bonchev–Trinajstić information content (AvgIpc) is 3.01. The van der Waals surface area contributed by atoms with Crippen molar-refractivity contribution in [3.05, 3.63) is 30.0 Å². The van der Waals surface area contributed by atoms with Gasteiger partial charge in [0.15, 0.2) is 0 Å². The van der Waals surface area contributed by atoms with E-state index >= 15 is 0 Å². The number of hydrogen-bond acceptors (Lipinski definition) is 6. The molecule has 0 aliphatic carbocycles. The molecule has 1 aromatic carbocycles. The first-order valence-electron chi connectivity index (χ1n) is 8.49. The Morgan fingerprint density at radius 3 is 2.67 bits per heavy atom. The number of aryl methyl sites for hydroxylation is 1. The Kier molecular flexibility index (Phi) is 6.67. The monoisotopic (exact) mass is 399 g/mol. The summed E-state index contributed by atoms with van der Waals surface area (Å²) in [5, 5.41) is 31.0. The first kappa shape index (κ1) is 21.4. The summed E-state index contributed by atoms with van der Waals surface area (Å²) in [6, 6.07) is 5.09. The number of phenols is 1. The number of amides is 1. The summed E-state index contributed by atoms with van der Waals surface area (Å²) in [5.74, 6) is -1.90. The molecule has 10 heteroatoms. The van der Waals surface area contributed by atoms with Gasteiger partial charge in [-0.2, -0.15) is 0 Å². The number of aromatic amines is 1. The molecule has 2 aromatic rings. The molecule has 0 radical (unpaired) electrons. The number of nitrogens with one attached hydrogen (secondary N) is 1. The molecule has 3 atom stereocenters. The third-order valence-electron chi connectivity index (χ3n) is 4.63. The molecule has 9 nitrogen and oxygen atoms in total. The van der Waals surface area contributed by atoms with Crippen molar-refractivity contribution < 1.29 is 29.7 Å². The van der Waals surface area contributed by atoms with E-state index in [0.717, 1.165) is 17.7 Å². The molecule has 0 aliphatic rings. The van der Waals surface area contributed by atoms with Gasteiger partial charge < -0.3 is 20.1 Å². The molecule has 3 unspecified atom stereocenters. The predicted octanol–water partition coefficient (Wildman–Crippen LogP) is 1.52. The fraction of sp³-hybridized carbons (Fsp3) is 0.471. The Balaban J connectivity index is 1.97. The average molecular weight is 399 g/mol. The van der Waals surface area contributed by atoms with E-state index in [0.29, 0.717) is 16.9 Å². The topological polar surface area (TPSA) is 137 Å². The van der Waals surface area contributed by atoms with Gasteiger partial charge in [-0.25, -0.2) is 5.06 Å². The minimum Gasteiger partial charge on any atom is -0.507 e. The number of aromatic hydroxyl groups is 1. The van der Waals surface area contributed by atoms with Gasteiger partial charge in [-0.15, -0.1) is 0 Å². The molecular weight excluding hydrogens is 373 g/mol. The number of nitrogens with zero attached hydrogens (tertiary/aromatic N) is 2. The maximum atomic E-state index is 12.3. The Morgan fingerprint density at radius 1 is 1.37 bits per heavy atom. The maximum absolute atomic E-state index is 12.3. The number of carbonyl (C=O) groups excluding carboxylic acids is 1. The number of phenolic OH excluding ortho intramolecular Hbond substituents is 1. The van der Waals surface area contributed by atoms with E-state index in [2.05, 4.69) is 4.98 Å². The molecule has 5 N–H and O–H groups in total. The van der Waals surface area contributed by atoms with Gasteiger partial charge in [0.1, 0.15) is 17.8 Å². The van der Waals surface area contributed by atoms with Crippen molar-refractivity contribution in [2.24, 2.45) is 0 Å². The van der Waals surface area contributed by atoms with Gasteiger partial charge in [0.25, 0.3) is 0 Å². The second-order valence-electron chi connectivity index (χ2n) is 6.75. The molecular formula is C17H26N3O6P. The number of aliphatic hydroxyl groups excluding tert-OH is 1. The van der Waals surface area contributed by atoms with Crippen molar-refractivity contribution in [3.63, 3.8) is 0 Å². The number of rotatable bonds is 8. The van der Waals surface area contributed by atoms with Crippen LogP contribution in [0.2, 0.25) is 0 Å². The summed E-state index contributed by atoms with van der Waals surface area (Å²) in [6.45, 7) is 2.42. The van der Waals surface area contributed by atoms with Gasteiger partial charge in [0.2, 0.25) is 13.3 Å². The first-order valence-corrected chi connectivity index (χ1v) is 10.7. The van der Waals surface area contributed by atoms with Crippen molar-refractivity contribution in [3.8, 4) is 5.75 Å². The number of fused-ring (bicyclic) bond motifs is 1. The van der Waals surface area contributed by atoms with Crippen LogP contribution < -0.4 is 0 Å². The summed E-state index contributed by atoms with van der Waals surface area (Å²) < 4.78 is 11.5. The normalized spacial score (nSPS) is 16.3. The zero-order valence-electron chi connectivity index (χ0n) is 15.5. The van der Waals surface area contributed by atoms with E-state index in [1.165, 1.54) is 11.9 Å². The predicted molar refractivity (Wildman–Crippen MR) is 101 cm³/mol. The number of likely N-dealkylation sites (N-methyl/N-ethyl adjacent to an activating group) is 1. The second kappa shape index (κ2) is 8.41. The molecule has 1 amide bonds. The first-order chi connectivity index (χ1) is 12.5. The molecule has 0 spiro atoms. The Morgan fingerprint density at radius 2 is 2.04 bits per heavy atom. The minimum absolute atomic E-state index is 0.00475. The number of aromatic nitrogens is 1. The fourth-order valence-electron chi connectivity index (χ4n) is 2.74. The summed E-state index contributed by atoms with van der Waals surface area (Å²) >= 11 is 0. The van der Waals surface area contributed by atoms with Crippen molar-refractivity contribution in [1.29, 1.82) is 0 Å².